The van der Waals surface area contributed by atoms with E-state index in [0.717, 1.165) is 25.2 Å². The Kier molecular flexibility index (Phi) is 4.04. The van der Waals surface area contributed by atoms with Gasteiger partial charge in [0.1, 0.15) is 5.60 Å². The van der Waals surface area contributed by atoms with E-state index in [-0.39, 0.29) is 12.1 Å². The summed E-state index contributed by atoms with van der Waals surface area (Å²) in [5, 5.41) is 4.29. The van der Waals surface area contributed by atoms with Crippen LogP contribution in [0.3, 0.4) is 0 Å². The molecule has 1 aromatic heterocycles. The van der Waals surface area contributed by atoms with Gasteiger partial charge in [-0.05, 0) is 27.7 Å². The number of carbonyl (C=O) groups is 1. The maximum Gasteiger partial charge on any atom is 0.410 e. The average molecular weight is 280 g/mol. The molecule has 0 radical (unpaired) electrons. The smallest absolute Gasteiger partial charge is 0.410 e. The molecule has 112 valence electrons. The van der Waals surface area contributed by atoms with E-state index >= 15 is 0 Å². The second-order valence-electron chi connectivity index (χ2n) is 6.54. The zero-order chi connectivity index (χ0) is 14.9. The standard InChI is InChI=1S/C14H24N4O2/c1-10(15)12-5-16-18(9-12)8-11-6-17(7-11)13(19)20-14(2,3)4/h5,9-11H,6-8,15H2,1-4H3/t10-/m1/s1. The van der Waals surface area contributed by atoms with Crippen LogP contribution in [0.1, 0.15) is 39.3 Å². The van der Waals surface area contributed by atoms with Gasteiger partial charge >= 0.3 is 6.09 Å². The highest BCUT2D eigenvalue weighted by atomic mass is 16.6. The topological polar surface area (TPSA) is 73.4 Å². The van der Waals surface area contributed by atoms with Crippen LogP contribution < -0.4 is 5.73 Å². The fourth-order valence-electron chi connectivity index (χ4n) is 2.14. The van der Waals surface area contributed by atoms with E-state index in [0.29, 0.717) is 5.92 Å². The van der Waals surface area contributed by atoms with E-state index in [1.54, 1.807) is 11.1 Å². The lowest BCUT2D eigenvalue weighted by atomic mass is 10.0. The molecule has 0 aliphatic carbocycles. The van der Waals surface area contributed by atoms with Crippen molar-refractivity contribution in [3.8, 4) is 0 Å². The Morgan fingerprint density at radius 1 is 1.55 bits per heavy atom. The molecule has 1 aliphatic heterocycles. The highest BCUT2D eigenvalue weighted by molar-refractivity contribution is 5.69. The van der Waals surface area contributed by atoms with E-state index in [9.17, 15) is 4.79 Å². The fourth-order valence-corrected chi connectivity index (χ4v) is 2.14. The summed E-state index contributed by atoms with van der Waals surface area (Å²) < 4.78 is 7.22. The molecule has 1 aliphatic rings. The minimum atomic E-state index is -0.434. The molecule has 2 heterocycles. The van der Waals surface area contributed by atoms with Crippen LogP contribution >= 0.6 is 0 Å². The SMILES string of the molecule is C[C@@H](N)c1cnn(CC2CN(C(=O)OC(C)(C)C)C2)c1. The van der Waals surface area contributed by atoms with Crippen molar-refractivity contribution in [3.63, 3.8) is 0 Å². The number of carbonyl (C=O) groups excluding carboxylic acids is 1. The number of nitrogens with two attached hydrogens (primary N) is 1. The van der Waals surface area contributed by atoms with E-state index < -0.39 is 5.60 Å². The number of amides is 1. The van der Waals surface area contributed by atoms with Crippen LogP contribution in [0.2, 0.25) is 0 Å². The molecule has 0 bridgehead atoms. The first kappa shape index (κ1) is 14.8. The van der Waals surface area contributed by atoms with Crippen molar-refractivity contribution in [2.24, 2.45) is 11.7 Å². The van der Waals surface area contributed by atoms with Gasteiger partial charge in [-0.25, -0.2) is 4.79 Å². The number of hydrogen-bond donors (Lipinski definition) is 1. The summed E-state index contributed by atoms with van der Waals surface area (Å²) in [4.78, 5) is 13.5. The number of likely N-dealkylation sites (tertiary alicyclic amines) is 1. The number of rotatable bonds is 3. The summed E-state index contributed by atoms with van der Waals surface area (Å²) in [6.07, 6.45) is 3.54. The van der Waals surface area contributed by atoms with Gasteiger partial charge in [0.15, 0.2) is 0 Å². The summed E-state index contributed by atoms with van der Waals surface area (Å²) in [6.45, 7) is 9.83. The minimum absolute atomic E-state index is 0.00315. The molecular weight excluding hydrogens is 256 g/mol. The van der Waals surface area contributed by atoms with Crippen LogP contribution in [0.25, 0.3) is 0 Å². The molecular formula is C14H24N4O2. The van der Waals surface area contributed by atoms with Crippen molar-refractivity contribution < 1.29 is 9.53 Å². The molecule has 6 nitrogen and oxygen atoms in total. The zero-order valence-electron chi connectivity index (χ0n) is 12.7. The van der Waals surface area contributed by atoms with Gasteiger partial charge in [-0.2, -0.15) is 5.10 Å². The van der Waals surface area contributed by atoms with E-state index in [2.05, 4.69) is 5.10 Å². The molecule has 1 aromatic rings. The van der Waals surface area contributed by atoms with Crippen molar-refractivity contribution in [3.05, 3.63) is 18.0 Å². The molecule has 0 aromatic carbocycles. The third kappa shape index (κ3) is 3.72. The predicted molar refractivity (Wildman–Crippen MR) is 76.1 cm³/mol. The largest absolute Gasteiger partial charge is 0.444 e. The van der Waals surface area contributed by atoms with Crippen LogP contribution in [0.5, 0.6) is 0 Å². The highest BCUT2D eigenvalue weighted by Crippen LogP contribution is 2.21. The Labute approximate surface area is 119 Å². The zero-order valence-corrected chi connectivity index (χ0v) is 12.7. The number of aromatic nitrogens is 2. The van der Waals surface area contributed by atoms with Gasteiger partial charge in [-0.15, -0.1) is 0 Å². The molecule has 1 atom stereocenters. The summed E-state index contributed by atoms with van der Waals surface area (Å²) >= 11 is 0. The molecule has 0 spiro atoms. The second kappa shape index (κ2) is 5.44. The Morgan fingerprint density at radius 3 is 2.70 bits per heavy atom. The van der Waals surface area contributed by atoms with Gasteiger partial charge in [0.05, 0.1) is 6.20 Å². The van der Waals surface area contributed by atoms with E-state index in [1.807, 2.05) is 38.6 Å². The summed E-state index contributed by atoms with van der Waals surface area (Å²) in [5.74, 6) is 0.434. The first-order chi connectivity index (χ1) is 9.24. The lowest BCUT2D eigenvalue weighted by Crippen LogP contribution is -2.52. The Bertz CT molecular complexity index is 470. The molecule has 1 saturated heterocycles. The van der Waals surface area contributed by atoms with E-state index in [4.69, 9.17) is 10.5 Å². The maximum absolute atomic E-state index is 11.8. The lowest BCUT2D eigenvalue weighted by molar-refractivity contribution is -0.00383. The van der Waals surface area contributed by atoms with Crippen molar-refractivity contribution in [2.45, 2.75) is 45.9 Å². The molecule has 2 N–H and O–H groups in total. The number of nitrogens with zero attached hydrogens (tertiary/aromatic N) is 3. The average Bonchev–Trinajstić information content (AvgIpc) is 2.68. The van der Waals surface area contributed by atoms with Crippen LogP contribution in [0.15, 0.2) is 12.4 Å². The predicted octanol–water partition coefficient (Wildman–Crippen LogP) is 1.77. The second-order valence-corrected chi connectivity index (χ2v) is 6.54. The summed E-state index contributed by atoms with van der Waals surface area (Å²) in [6, 6.07) is 0.00315. The van der Waals surface area contributed by atoms with Crippen LogP contribution in [0, 0.1) is 5.92 Å². The lowest BCUT2D eigenvalue weighted by Gasteiger charge is -2.39. The highest BCUT2D eigenvalue weighted by Gasteiger charge is 2.33. The van der Waals surface area contributed by atoms with Gasteiger partial charge in [-0.1, -0.05) is 0 Å². The molecule has 20 heavy (non-hydrogen) atoms. The number of ether oxygens (including phenoxy) is 1. The van der Waals surface area contributed by atoms with Crippen molar-refractivity contribution in [1.29, 1.82) is 0 Å². The number of hydrogen-bond acceptors (Lipinski definition) is 4. The van der Waals surface area contributed by atoms with Crippen molar-refractivity contribution >= 4 is 6.09 Å². The normalized spacial score (nSPS) is 17.8. The molecule has 0 unspecified atom stereocenters. The van der Waals surface area contributed by atoms with Crippen molar-refractivity contribution in [1.82, 2.24) is 14.7 Å². The maximum atomic E-state index is 11.8. The van der Waals surface area contributed by atoms with Crippen molar-refractivity contribution in [2.75, 3.05) is 13.1 Å². The van der Waals surface area contributed by atoms with Gasteiger partial charge in [-0.3, -0.25) is 4.68 Å². The van der Waals surface area contributed by atoms with Crippen LogP contribution in [-0.4, -0.2) is 39.5 Å². The minimum Gasteiger partial charge on any atom is -0.444 e. The molecule has 2 rings (SSSR count). The molecule has 6 heteroatoms. The third-order valence-corrected chi connectivity index (χ3v) is 3.23. The first-order valence-electron chi connectivity index (χ1n) is 7.00. The molecule has 0 saturated carbocycles. The third-order valence-electron chi connectivity index (χ3n) is 3.23. The fraction of sp³-hybridized carbons (Fsp3) is 0.714. The first-order valence-corrected chi connectivity index (χ1v) is 7.00. The molecule has 1 fully saturated rings. The van der Waals surface area contributed by atoms with E-state index in [1.165, 1.54) is 0 Å². The quantitative estimate of drug-likeness (QED) is 0.915. The summed E-state index contributed by atoms with van der Waals surface area (Å²) in [5.41, 5.74) is 6.40. The Balaban J connectivity index is 1.77. The summed E-state index contributed by atoms with van der Waals surface area (Å²) in [7, 11) is 0. The van der Waals surface area contributed by atoms with Gasteiger partial charge in [0, 0.05) is 43.4 Å². The van der Waals surface area contributed by atoms with Crippen LogP contribution in [0.4, 0.5) is 4.79 Å². The van der Waals surface area contributed by atoms with Gasteiger partial charge in [0.25, 0.3) is 0 Å². The Morgan fingerprint density at radius 2 is 2.20 bits per heavy atom. The molecule has 1 amide bonds. The van der Waals surface area contributed by atoms with Gasteiger partial charge in [0.2, 0.25) is 0 Å². The van der Waals surface area contributed by atoms with Crippen LogP contribution in [-0.2, 0) is 11.3 Å². The Hall–Kier alpha value is -1.56. The van der Waals surface area contributed by atoms with Gasteiger partial charge < -0.3 is 15.4 Å². The monoisotopic (exact) mass is 280 g/mol.